The third-order valence-corrected chi connectivity index (χ3v) is 7.31. The summed E-state index contributed by atoms with van der Waals surface area (Å²) in [6.07, 6.45) is 3.88. The number of hydrogen-bond donors (Lipinski definition) is 1. The minimum atomic E-state index is -0.634. The zero-order chi connectivity index (χ0) is 29.7. The van der Waals surface area contributed by atoms with Gasteiger partial charge in [0.15, 0.2) is 17.3 Å². The number of nitrogens with one attached hydrogen (secondary N) is 1. The number of halogens is 2. The number of carbonyl (C=O) groups excluding carboxylic acids is 2. The van der Waals surface area contributed by atoms with Crippen LogP contribution in [0.5, 0.6) is 11.5 Å². The van der Waals surface area contributed by atoms with Gasteiger partial charge in [0.05, 0.1) is 48.9 Å². The van der Waals surface area contributed by atoms with Crippen LogP contribution in [0.1, 0.15) is 52.9 Å². The molecular formula is C30H35ClFN3O6. The van der Waals surface area contributed by atoms with Crippen LogP contribution in [0.15, 0.2) is 36.7 Å². The molecule has 2 aromatic carbocycles. The zero-order valence-corrected chi connectivity index (χ0v) is 24.6. The second-order valence-corrected chi connectivity index (χ2v) is 11.5. The first kappa shape index (κ1) is 30.3. The van der Waals surface area contributed by atoms with Gasteiger partial charge in [-0.2, -0.15) is 0 Å². The largest absolute Gasteiger partial charge is 0.493 e. The van der Waals surface area contributed by atoms with Crippen LogP contribution in [0.4, 0.5) is 15.9 Å². The Morgan fingerprint density at radius 2 is 1.83 bits per heavy atom. The van der Waals surface area contributed by atoms with E-state index in [0.29, 0.717) is 53.9 Å². The first-order chi connectivity index (χ1) is 19.5. The number of esters is 2. The summed E-state index contributed by atoms with van der Waals surface area (Å²) in [5.74, 6) is -0.658. The monoisotopic (exact) mass is 587 g/mol. The quantitative estimate of drug-likeness (QED) is 0.276. The Morgan fingerprint density at radius 1 is 1.10 bits per heavy atom. The Morgan fingerprint density at radius 3 is 2.49 bits per heavy atom. The number of nitrogens with zero attached hydrogens (tertiary/aromatic N) is 2. The minimum Gasteiger partial charge on any atom is -0.493 e. The highest BCUT2D eigenvalue weighted by atomic mass is 35.5. The Balaban J connectivity index is 1.50. The van der Waals surface area contributed by atoms with Crippen molar-refractivity contribution >= 4 is 45.9 Å². The number of carbonyl (C=O) groups is 2. The standard InChI is InChI=1S/C30H35ClFN3O6/c1-30(2,3)41-26(36)14-19(29(37)39-5)17-9-11-18(12-10-17)40-25-13-20-23(15-24(25)38-4)33-16-34-28(20)35-22-8-6-7-21(31)27(22)32/h6-8,13,15-19H,9-12,14H2,1-5H3,(H,33,34,35)/t17?,18?,19-/m1/s1. The Hall–Kier alpha value is -3.66. The highest BCUT2D eigenvalue weighted by molar-refractivity contribution is 6.31. The van der Waals surface area contributed by atoms with Crippen molar-refractivity contribution in [3.05, 3.63) is 47.5 Å². The van der Waals surface area contributed by atoms with Crippen LogP contribution in [0, 0.1) is 17.7 Å². The average Bonchev–Trinajstić information content (AvgIpc) is 2.93. The number of methoxy groups -OCH3 is 2. The van der Waals surface area contributed by atoms with Crippen LogP contribution in [0.2, 0.25) is 5.02 Å². The molecule has 1 aliphatic rings. The van der Waals surface area contributed by atoms with E-state index in [1.54, 1.807) is 52.1 Å². The predicted octanol–water partition coefficient (Wildman–Crippen LogP) is 6.63. The molecule has 1 saturated carbocycles. The summed E-state index contributed by atoms with van der Waals surface area (Å²) in [6, 6.07) is 8.19. The van der Waals surface area contributed by atoms with Gasteiger partial charge in [-0.15, -0.1) is 0 Å². The summed E-state index contributed by atoms with van der Waals surface area (Å²) in [5, 5.41) is 3.61. The van der Waals surface area contributed by atoms with Crippen molar-refractivity contribution in [1.29, 1.82) is 0 Å². The maximum atomic E-state index is 14.6. The second kappa shape index (κ2) is 12.9. The number of hydrogen-bond acceptors (Lipinski definition) is 9. The highest BCUT2D eigenvalue weighted by Gasteiger charge is 2.36. The maximum absolute atomic E-state index is 14.6. The molecule has 0 spiro atoms. The molecule has 220 valence electrons. The molecule has 0 bridgehead atoms. The van der Waals surface area contributed by atoms with Crippen LogP contribution in [-0.4, -0.2) is 47.8 Å². The van der Waals surface area contributed by atoms with Crippen molar-refractivity contribution < 1.29 is 32.9 Å². The van der Waals surface area contributed by atoms with Gasteiger partial charge in [0, 0.05) is 11.5 Å². The van der Waals surface area contributed by atoms with Gasteiger partial charge < -0.3 is 24.3 Å². The molecule has 1 aliphatic carbocycles. The van der Waals surface area contributed by atoms with E-state index in [1.807, 2.05) is 0 Å². The Bertz CT molecular complexity index is 1400. The number of anilines is 2. The van der Waals surface area contributed by atoms with Crippen molar-refractivity contribution in [2.45, 2.75) is 64.6 Å². The molecular weight excluding hydrogens is 553 g/mol. The summed E-state index contributed by atoms with van der Waals surface area (Å²) < 4.78 is 37.0. The first-order valence-electron chi connectivity index (χ1n) is 13.5. The lowest BCUT2D eigenvalue weighted by atomic mass is 9.77. The lowest BCUT2D eigenvalue weighted by molar-refractivity contribution is -0.162. The lowest BCUT2D eigenvalue weighted by Crippen LogP contribution is -2.35. The van der Waals surface area contributed by atoms with Gasteiger partial charge in [-0.1, -0.05) is 17.7 Å². The molecule has 1 atom stereocenters. The van der Waals surface area contributed by atoms with Crippen LogP contribution < -0.4 is 14.8 Å². The molecule has 3 aromatic rings. The van der Waals surface area contributed by atoms with Gasteiger partial charge in [0.1, 0.15) is 17.7 Å². The SMILES string of the molecule is COC(=O)[C@H](CC(=O)OC(C)(C)C)C1CCC(Oc2cc3c(Nc4cccc(Cl)c4F)ncnc3cc2OC)CC1. The summed E-state index contributed by atoms with van der Waals surface area (Å²) in [5.41, 5.74) is 0.131. The third-order valence-electron chi connectivity index (χ3n) is 7.02. The molecule has 0 amide bonds. The third kappa shape index (κ3) is 7.55. The van der Waals surface area contributed by atoms with E-state index in [1.165, 1.54) is 19.5 Å². The van der Waals surface area contributed by atoms with E-state index < -0.39 is 29.3 Å². The van der Waals surface area contributed by atoms with E-state index >= 15 is 0 Å². The molecule has 0 radical (unpaired) electrons. The number of aromatic nitrogens is 2. The Labute approximate surface area is 243 Å². The molecule has 41 heavy (non-hydrogen) atoms. The first-order valence-corrected chi connectivity index (χ1v) is 13.9. The molecule has 1 fully saturated rings. The summed E-state index contributed by atoms with van der Waals surface area (Å²) in [6.45, 7) is 5.38. The second-order valence-electron chi connectivity index (χ2n) is 11.0. The van der Waals surface area contributed by atoms with Gasteiger partial charge >= 0.3 is 11.9 Å². The van der Waals surface area contributed by atoms with Gasteiger partial charge in [-0.3, -0.25) is 9.59 Å². The number of benzene rings is 2. The minimum absolute atomic E-state index is 0.00445. The molecule has 0 saturated heterocycles. The van der Waals surface area contributed by atoms with Crippen LogP contribution >= 0.6 is 11.6 Å². The molecule has 1 heterocycles. The summed E-state index contributed by atoms with van der Waals surface area (Å²) in [7, 11) is 2.88. The van der Waals surface area contributed by atoms with E-state index in [4.69, 9.17) is 30.5 Å². The number of fused-ring (bicyclic) bond motifs is 1. The lowest BCUT2D eigenvalue weighted by Gasteiger charge is -2.33. The van der Waals surface area contributed by atoms with Crippen LogP contribution in [-0.2, 0) is 19.1 Å². The molecule has 0 aliphatic heterocycles. The van der Waals surface area contributed by atoms with Crippen molar-refractivity contribution in [2.24, 2.45) is 11.8 Å². The van der Waals surface area contributed by atoms with Gasteiger partial charge in [0.25, 0.3) is 0 Å². The molecule has 11 heteroatoms. The number of rotatable bonds is 9. The van der Waals surface area contributed by atoms with Crippen molar-refractivity contribution in [2.75, 3.05) is 19.5 Å². The summed E-state index contributed by atoms with van der Waals surface area (Å²) in [4.78, 5) is 33.7. The zero-order valence-electron chi connectivity index (χ0n) is 23.8. The normalized spacial score (nSPS) is 17.9. The van der Waals surface area contributed by atoms with Crippen molar-refractivity contribution in [3.8, 4) is 11.5 Å². The van der Waals surface area contributed by atoms with E-state index in [2.05, 4.69) is 15.3 Å². The predicted molar refractivity (Wildman–Crippen MR) is 153 cm³/mol. The fraction of sp³-hybridized carbons (Fsp3) is 0.467. The van der Waals surface area contributed by atoms with Crippen LogP contribution in [0.3, 0.4) is 0 Å². The molecule has 1 N–H and O–H groups in total. The maximum Gasteiger partial charge on any atom is 0.309 e. The molecule has 9 nitrogen and oxygen atoms in total. The molecule has 1 aromatic heterocycles. The topological polar surface area (TPSA) is 109 Å². The van der Waals surface area contributed by atoms with Crippen LogP contribution in [0.25, 0.3) is 10.9 Å². The highest BCUT2D eigenvalue weighted by Crippen LogP contribution is 2.39. The smallest absolute Gasteiger partial charge is 0.309 e. The summed E-state index contributed by atoms with van der Waals surface area (Å²) >= 11 is 5.94. The van der Waals surface area contributed by atoms with Gasteiger partial charge in [-0.25, -0.2) is 14.4 Å². The molecule has 4 rings (SSSR count). The van der Waals surface area contributed by atoms with E-state index in [9.17, 15) is 14.0 Å². The van der Waals surface area contributed by atoms with E-state index in [0.717, 1.165) is 0 Å². The number of ether oxygens (including phenoxy) is 4. The molecule has 0 unspecified atom stereocenters. The fourth-order valence-electron chi connectivity index (χ4n) is 5.09. The van der Waals surface area contributed by atoms with Gasteiger partial charge in [0.2, 0.25) is 0 Å². The van der Waals surface area contributed by atoms with E-state index in [-0.39, 0.29) is 29.2 Å². The van der Waals surface area contributed by atoms with Crippen molar-refractivity contribution in [3.63, 3.8) is 0 Å². The van der Waals surface area contributed by atoms with Crippen molar-refractivity contribution in [1.82, 2.24) is 9.97 Å². The fourth-order valence-corrected chi connectivity index (χ4v) is 5.26. The average molecular weight is 588 g/mol. The Kier molecular flexibility index (Phi) is 9.53. The van der Waals surface area contributed by atoms with Gasteiger partial charge in [-0.05, 0) is 70.6 Å².